The lowest BCUT2D eigenvalue weighted by Gasteiger charge is -2.20. The van der Waals surface area contributed by atoms with Crippen LogP contribution in [0.25, 0.3) is 0 Å². The van der Waals surface area contributed by atoms with Crippen molar-refractivity contribution in [3.05, 3.63) is 54.6 Å². The molecule has 0 aromatic heterocycles. The van der Waals surface area contributed by atoms with Crippen LogP contribution in [-0.4, -0.2) is 22.4 Å². The third kappa shape index (κ3) is 4.80. The lowest BCUT2D eigenvalue weighted by Crippen LogP contribution is -2.40. The van der Waals surface area contributed by atoms with Gasteiger partial charge >= 0.3 is 0 Å². The van der Waals surface area contributed by atoms with Crippen molar-refractivity contribution < 1.29 is 16.8 Å². The van der Waals surface area contributed by atoms with Crippen LogP contribution in [0.4, 0.5) is 5.69 Å². The molecule has 0 atom stereocenters. The molecule has 0 saturated carbocycles. The summed E-state index contributed by atoms with van der Waals surface area (Å²) in [5.41, 5.74) is -0.464. The van der Waals surface area contributed by atoms with Crippen LogP contribution in [0.15, 0.2) is 64.4 Å². The van der Waals surface area contributed by atoms with Crippen LogP contribution in [0.5, 0.6) is 0 Å². The molecule has 0 aliphatic rings. The maximum atomic E-state index is 12.3. The zero-order valence-corrected chi connectivity index (χ0v) is 15.3. The number of nitrogens with one attached hydrogen (secondary N) is 2. The van der Waals surface area contributed by atoms with E-state index in [9.17, 15) is 16.8 Å². The number of rotatable bonds is 5. The molecule has 2 rings (SSSR count). The fourth-order valence-electron chi connectivity index (χ4n) is 2.00. The summed E-state index contributed by atoms with van der Waals surface area (Å²) < 4.78 is 54.2. The molecule has 0 unspecified atom stereocenters. The van der Waals surface area contributed by atoms with E-state index in [-0.39, 0.29) is 15.5 Å². The minimum atomic E-state index is -3.78. The molecule has 2 aromatic carbocycles. The smallest absolute Gasteiger partial charge is 0.261 e. The van der Waals surface area contributed by atoms with Gasteiger partial charge in [-0.1, -0.05) is 24.3 Å². The number of hydrogen-bond acceptors (Lipinski definition) is 4. The maximum absolute atomic E-state index is 12.3. The number of hydrogen-bond donors (Lipinski definition) is 2. The Morgan fingerprint density at radius 3 is 1.92 bits per heavy atom. The first-order chi connectivity index (χ1) is 11.0. The first kappa shape index (κ1) is 18.4. The highest BCUT2D eigenvalue weighted by atomic mass is 32.2. The molecule has 0 aliphatic heterocycles. The van der Waals surface area contributed by atoms with Gasteiger partial charge in [-0.25, -0.2) is 21.6 Å². The van der Waals surface area contributed by atoms with Gasteiger partial charge in [0.15, 0.2) is 0 Å². The molecule has 130 valence electrons. The van der Waals surface area contributed by atoms with E-state index in [0.717, 1.165) is 0 Å². The van der Waals surface area contributed by atoms with Crippen molar-refractivity contribution in [3.63, 3.8) is 0 Å². The van der Waals surface area contributed by atoms with Gasteiger partial charge in [0.25, 0.3) is 10.0 Å². The van der Waals surface area contributed by atoms with Gasteiger partial charge < -0.3 is 0 Å². The summed E-state index contributed by atoms with van der Waals surface area (Å²) in [5.74, 6) is 0. The van der Waals surface area contributed by atoms with Crippen LogP contribution in [0.2, 0.25) is 0 Å². The molecule has 0 bridgehead atoms. The normalized spacial score (nSPS) is 12.8. The highest BCUT2D eigenvalue weighted by Crippen LogP contribution is 2.20. The van der Waals surface area contributed by atoms with Gasteiger partial charge in [0, 0.05) is 5.54 Å². The van der Waals surface area contributed by atoms with Gasteiger partial charge in [0.2, 0.25) is 10.0 Å². The predicted molar refractivity (Wildman–Crippen MR) is 93.8 cm³/mol. The minimum Gasteiger partial charge on any atom is -0.280 e. The van der Waals surface area contributed by atoms with Gasteiger partial charge in [-0.2, -0.15) is 0 Å². The van der Waals surface area contributed by atoms with E-state index in [0.29, 0.717) is 0 Å². The van der Waals surface area contributed by atoms with E-state index in [1.165, 1.54) is 36.4 Å². The Kier molecular flexibility index (Phi) is 5.03. The van der Waals surface area contributed by atoms with Crippen LogP contribution >= 0.6 is 0 Å². The van der Waals surface area contributed by atoms with Crippen molar-refractivity contribution in [1.82, 2.24) is 4.72 Å². The first-order valence-electron chi connectivity index (χ1n) is 7.22. The van der Waals surface area contributed by atoms with Crippen LogP contribution in [0.3, 0.4) is 0 Å². The number of anilines is 1. The fourth-order valence-corrected chi connectivity index (χ4v) is 4.54. The highest BCUT2D eigenvalue weighted by Gasteiger charge is 2.22. The summed E-state index contributed by atoms with van der Waals surface area (Å²) >= 11 is 0. The van der Waals surface area contributed by atoms with E-state index in [1.807, 2.05) is 0 Å². The summed E-state index contributed by atoms with van der Waals surface area (Å²) in [7, 11) is -7.52. The topological polar surface area (TPSA) is 92.3 Å². The molecule has 24 heavy (non-hydrogen) atoms. The molecule has 0 saturated heterocycles. The lowest BCUT2D eigenvalue weighted by molar-refractivity contribution is 0.491. The van der Waals surface area contributed by atoms with Gasteiger partial charge in [-0.15, -0.1) is 0 Å². The Balaban J connectivity index is 2.32. The lowest BCUT2D eigenvalue weighted by atomic mass is 10.1. The number of sulfonamides is 2. The van der Waals surface area contributed by atoms with Crippen molar-refractivity contribution in [2.75, 3.05) is 4.72 Å². The molecule has 2 aromatic rings. The average molecular weight is 368 g/mol. The van der Waals surface area contributed by atoms with E-state index in [4.69, 9.17) is 0 Å². The zero-order chi connectivity index (χ0) is 18.0. The molecule has 2 N–H and O–H groups in total. The fraction of sp³-hybridized carbons (Fsp3) is 0.250. The molecule has 0 radical (unpaired) electrons. The van der Waals surface area contributed by atoms with Crippen molar-refractivity contribution >= 4 is 25.7 Å². The van der Waals surface area contributed by atoms with Crippen molar-refractivity contribution in [1.29, 1.82) is 0 Å². The quantitative estimate of drug-likeness (QED) is 0.848. The van der Waals surface area contributed by atoms with Crippen molar-refractivity contribution in [2.24, 2.45) is 0 Å². The van der Waals surface area contributed by atoms with E-state index in [1.54, 1.807) is 39.0 Å². The van der Waals surface area contributed by atoms with Gasteiger partial charge in [0.05, 0.1) is 15.5 Å². The molecule has 0 aliphatic carbocycles. The Labute approximate surface area is 143 Å². The largest absolute Gasteiger partial charge is 0.280 e. The third-order valence-electron chi connectivity index (χ3n) is 2.89. The Hall–Kier alpha value is -1.90. The summed E-state index contributed by atoms with van der Waals surface area (Å²) in [6.07, 6.45) is 0. The van der Waals surface area contributed by atoms with Gasteiger partial charge in [-0.05, 0) is 51.1 Å². The molecular weight excluding hydrogens is 348 g/mol. The predicted octanol–water partition coefficient (Wildman–Crippen LogP) is 2.56. The van der Waals surface area contributed by atoms with E-state index >= 15 is 0 Å². The number of benzene rings is 2. The second-order valence-electron chi connectivity index (χ2n) is 6.30. The maximum Gasteiger partial charge on any atom is 0.261 e. The molecule has 8 heteroatoms. The second-order valence-corrected chi connectivity index (χ2v) is 9.67. The summed E-state index contributed by atoms with van der Waals surface area (Å²) in [6, 6.07) is 13.5. The zero-order valence-electron chi connectivity index (χ0n) is 13.6. The van der Waals surface area contributed by atoms with Crippen LogP contribution in [0.1, 0.15) is 20.8 Å². The SMILES string of the molecule is CC(C)(C)NS(=O)(=O)c1cccc(NS(=O)(=O)c2ccccc2)c1. The minimum absolute atomic E-state index is 0.00862. The molecular formula is C16H20N2O4S2. The summed E-state index contributed by atoms with van der Waals surface area (Å²) in [6.45, 7) is 5.19. The first-order valence-corrected chi connectivity index (χ1v) is 10.2. The van der Waals surface area contributed by atoms with Crippen LogP contribution in [-0.2, 0) is 20.0 Å². The van der Waals surface area contributed by atoms with E-state index in [2.05, 4.69) is 9.44 Å². The monoisotopic (exact) mass is 368 g/mol. The molecule has 0 fully saturated rings. The molecule has 0 amide bonds. The standard InChI is InChI=1S/C16H20N2O4S2/c1-16(2,3)18-24(21,22)15-11-7-8-13(12-15)17-23(19,20)14-9-5-4-6-10-14/h4-12,17-18H,1-3H3. The van der Waals surface area contributed by atoms with E-state index < -0.39 is 25.6 Å². The summed E-state index contributed by atoms with van der Waals surface area (Å²) in [4.78, 5) is 0.0942. The van der Waals surface area contributed by atoms with Crippen LogP contribution in [0, 0.1) is 0 Å². The van der Waals surface area contributed by atoms with Gasteiger partial charge in [-0.3, -0.25) is 4.72 Å². The Bertz CT molecular complexity index is 916. The molecule has 6 nitrogen and oxygen atoms in total. The van der Waals surface area contributed by atoms with Gasteiger partial charge in [0.1, 0.15) is 0 Å². The molecule has 0 spiro atoms. The van der Waals surface area contributed by atoms with Crippen molar-refractivity contribution in [2.45, 2.75) is 36.1 Å². The Morgan fingerprint density at radius 2 is 1.33 bits per heavy atom. The summed E-state index contributed by atoms with van der Waals surface area (Å²) in [5, 5.41) is 0. The average Bonchev–Trinajstić information content (AvgIpc) is 2.45. The van der Waals surface area contributed by atoms with Crippen LogP contribution < -0.4 is 9.44 Å². The molecule has 0 heterocycles. The highest BCUT2D eigenvalue weighted by molar-refractivity contribution is 7.92. The second kappa shape index (κ2) is 6.54. The third-order valence-corrected chi connectivity index (χ3v) is 6.04. The Morgan fingerprint density at radius 1 is 0.750 bits per heavy atom. The van der Waals surface area contributed by atoms with Crippen molar-refractivity contribution in [3.8, 4) is 0 Å².